The van der Waals surface area contributed by atoms with Gasteiger partial charge >= 0.3 is 0 Å². The molecule has 0 aliphatic heterocycles. The van der Waals surface area contributed by atoms with E-state index in [-0.39, 0.29) is 17.9 Å². The molecular weight excluding hydrogens is 331 g/mol. The molecule has 0 heterocycles. The molecule has 1 N–H and O–H groups in total. The number of hydrogen-bond acceptors (Lipinski definition) is 2. The largest absolute Gasteiger partial charge is 0.304 e. The molecule has 0 radical (unpaired) electrons. The van der Waals surface area contributed by atoms with Crippen LogP contribution in [0.4, 0.5) is 4.39 Å². The van der Waals surface area contributed by atoms with Gasteiger partial charge in [-0.3, -0.25) is 0 Å². The molecule has 2 aromatic rings. The van der Waals surface area contributed by atoms with Gasteiger partial charge in [-0.25, -0.2) is 4.39 Å². The number of hydrogen-bond donors (Lipinski definition) is 1. The van der Waals surface area contributed by atoms with Crippen molar-refractivity contribution in [3.8, 4) is 6.07 Å². The van der Waals surface area contributed by atoms with E-state index >= 15 is 0 Å². The molecule has 2 aromatic carbocycles. The highest BCUT2D eigenvalue weighted by Gasteiger charge is 2.12. The molecule has 2 nitrogen and oxygen atoms in total. The zero-order chi connectivity index (χ0) is 15.4. The van der Waals surface area contributed by atoms with E-state index in [1.165, 1.54) is 6.07 Å². The third-order valence-corrected chi connectivity index (χ3v) is 4.09. The predicted molar refractivity (Wildman–Crippen MR) is 85.2 cm³/mol. The molecule has 0 fully saturated rings. The summed E-state index contributed by atoms with van der Waals surface area (Å²) in [7, 11) is 0. The standard InChI is InChI=1S/C17H16BrFN2/c1-11(14-5-3-13(10-20)4-6-14)21-12(2)15-7-8-17(19)16(18)9-15/h3-9,11-12,21H,1-2H3. The summed E-state index contributed by atoms with van der Waals surface area (Å²) < 4.78 is 13.7. The van der Waals surface area contributed by atoms with Crippen molar-refractivity contribution in [2.75, 3.05) is 0 Å². The minimum atomic E-state index is -0.258. The lowest BCUT2D eigenvalue weighted by atomic mass is 10.0. The van der Waals surface area contributed by atoms with Gasteiger partial charge in [0.15, 0.2) is 0 Å². The lowest BCUT2D eigenvalue weighted by molar-refractivity contribution is 0.493. The van der Waals surface area contributed by atoms with Crippen molar-refractivity contribution >= 4 is 15.9 Å². The fourth-order valence-corrected chi connectivity index (χ4v) is 2.59. The van der Waals surface area contributed by atoms with Crippen molar-refractivity contribution in [1.82, 2.24) is 5.32 Å². The first kappa shape index (κ1) is 15.7. The van der Waals surface area contributed by atoms with Crippen molar-refractivity contribution < 1.29 is 4.39 Å². The average molecular weight is 347 g/mol. The van der Waals surface area contributed by atoms with Gasteiger partial charge in [-0.2, -0.15) is 5.26 Å². The fraction of sp³-hybridized carbons (Fsp3) is 0.235. The molecule has 2 rings (SSSR count). The predicted octanol–water partition coefficient (Wildman–Crippen LogP) is 4.87. The van der Waals surface area contributed by atoms with Crippen LogP contribution in [0.2, 0.25) is 0 Å². The molecule has 0 saturated carbocycles. The van der Waals surface area contributed by atoms with Crippen LogP contribution in [0.1, 0.15) is 42.6 Å². The second-order valence-electron chi connectivity index (χ2n) is 5.02. The summed E-state index contributed by atoms with van der Waals surface area (Å²) in [6.45, 7) is 4.11. The van der Waals surface area contributed by atoms with Gasteiger partial charge in [0.1, 0.15) is 5.82 Å². The zero-order valence-corrected chi connectivity index (χ0v) is 13.5. The molecular formula is C17H16BrFN2. The molecule has 0 saturated heterocycles. The molecule has 0 bridgehead atoms. The molecule has 4 heteroatoms. The maximum Gasteiger partial charge on any atom is 0.137 e. The van der Waals surface area contributed by atoms with Gasteiger partial charge in [-0.15, -0.1) is 0 Å². The molecule has 0 aliphatic rings. The maximum absolute atomic E-state index is 13.3. The number of benzene rings is 2. The summed E-state index contributed by atoms with van der Waals surface area (Å²) in [5, 5.41) is 12.3. The van der Waals surface area contributed by atoms with Crippen molar-refractivity contribution in [2.24, 2.45) is 0 Å². The zero-order valence-electron chi connectivity index (χ0n) is 11.9. The van der Waals surface area contributed by atoms with E-state index in [4.69, 9.17) is 5.26 Å². The van der Waals surface area contributed by atoms with Gasteiger partial charge < -0.3 is 5.32 Å². The van der Waals surface area contributed by atoms with Crippen LogP contribution in [0.15, 0.2) is 46.9 Å². The summed E-state index contributed by atoms with van der Waals surface area (Å²) in [5.74, 6) is -0.258. The van der Waals surface area contributed by atoms with Gasteiger partial charge in [-0.05, 0) is 65.2 Å². The summed E-state index contributed by atoms with van der Waals surface area (Å²) in [4.78, 5) is 0. The van der Waals surface area contributed by atoms with Crippen LogP contribution < -0.4 is 5.32 Å². The quantitative estimate of drug-likeness (QED) is 0.856. The van der Waals surface area contributed by atoms with E-state index in [0.29, 0.717) is 10.0 Å². The van der Waals surface area contributed by atoms with Crippen molar-refractivity contribution in [1.29, 1.82) is 5.26 Å². The number of rotatable bonds is 4. The maximum atomic E-state index is 13.3. The van der Waals surface area contributed by atoms with Crippen molar-refractivity contribution in [3.63, 3.8) is 0 Å². The third-order valence-electron chi connectivity index (χ3n) is 3.48. The van der Waals surface area contributed by atoms with Crippen LogP contribution in [0.3, 0.4) is 0 Å². The van der Waals surface area contributed by atoms with Crippen LogP contribution in [-0.4, -0.2) is 0 Å². The second kappa shape index (κ2) is 6.84. The van der Waals surface area contributed by atoms with E-state index in [9.17, 15) is 4.39 Å². The Bertz CT molecular complexity index is 661. The lowest BCUT2D eigenvalue weighted by Gasteiger charge is -2.21. The Labute approximate surface area is 132 Å². The average Bonchev–Trinajstić information content (AvgIpc) is 2.50. The van der Waals surface area contributed by atoms with Gasteiger partial charge in [0, 0.05) is 12.1 Å². The van der Waals surface area contributed by atoms with Gasteiger partial charge in [-0.1, -0.05) is 18.2 Å². The number of nitrogens with one attached hydrogen (secondary N) is 1. The summed E-state index contributed by atoms with van der Waals surface area (Å²) in [6.07, 6.45) is 0. The topological polar surface area (TPSA) is 35.8 Å². The molecule has 21 heavy (non-hydrogen) atoms. The van der Waals surface area contributed by atoms with Crippen molar-refractivity contribution in [2.45, 2.75) is 25.9 Å². The Morgan fingerprint density at radius 1 is 1.05 bits per heavy atom. The Balaban J connectivity index is 2.08. The summed E-state index contributed by atoms with van der Waals surface area (Å²) in [5.41, 5.74) is 2.78. The molecule has 0 aromatic heterocycles. The van der Waals surface area contributed by atoms with E-state index in [2.05, 4.69) is 34.2 Å². The normalized spacial score (nSPS) is 13.5. The van der Waals surface area contributed by atoms with Gasteiger partial charge in [0.25, 0.3) is 0 Å². The number of halogens is 2. The van der Waals surface area contributed by atoms with Crippen LogP contribution >= 0.6 is 15.9 Å². The Morgan fingerprint density at radius 2 is 1.62 bits per heavy atom. The molecule has 108 valence electrons. The smallest absolute Gasteiger partial charge is 0.137 e. The Kier molecular flexibility index (Phi) is 5.11. The molecule has 0 spiro atoms. The van der Waals surface area contributed by atoms with Crippen molar-refractivity contribution in [3.05, 3.63) is 69.4 Å². The first-order chi connectivity index (χ1) is 10.0. The molecule has 2 atom stereocenters. The Morgan fingerprint density at radius 3 is 2.19 bits per heavy atom. The van der Waals surface area contributed by atoms with Crippen LogP contribution in [0.5, 0.6) is 0 Å². The van der Waals surface area contributed by atoms with E-state index in [1.54, 1.807) is 12.1 Å². The molecule has 0 amide bonds. The minimum Gasteiger partial charge on any atom is -0.304 e. The first-order valence-corrected chi connectivity index (χ1v) is 7.51. The summed E-state index contributed by atoms with van der Waals surface area (Å²) in [6, 6.07) is 14.9. The second-order valence-corrected chi connectivity index (χ2v) is 5.87. The minimum absolute atomic E-state index is 0.0903. The van der Waals surface area contributed by atoms with E-state index < -0.39 is 0 Å². The summed E-state index contributed by atoms with van der Waals surface area (Å²) >= 11 is 3.21. The number of nitriles is 1. The first-order valence-electron chi connectivity index (χ1n) is 6.72. The highest BCUT2D eigenvalue weighted by molar-refractivity contribution is 9.10. The van der Waals surface area contributed by atoms with E-state index in [1.807, 2.05) is 31.2 Å². The monoisotopic (exact) mass is 346 g/mol. The van der Waals surface area contributed by atoms with Crippen LogP contribution in [-0.2, 0) is 0 Å². The number of nitrogens with zero attached hydrogens (tertiary/aromatic N) is 1. The molecule has 2 unspecified atom stereocenters. The van der Waals surface area contributed by atoms with Gasteiger partial charge in [0.05, 0.1) is 16.1 Å². The molecule has 0 aliphatic carbocycles. The van der Waals surface area contributed by atoms with Crippen LogP contribution in [0, 0.1) is 17.1 Å². The van der Waals surface area contributed by atoms with Gasteiger partial charge in [0.2, 0.25) is 0 Å². The highest BCUT2D eigenvalue weighted by Crippen LogP contribution is 2.24. The lowest BCUT2D eigenvalue weighted by Crippen LogP contribution is -2.22. The van der Waals surface area contributed by atoms with E-state index in [0.717, 1.165) is 11.1 Å². The Hall–Kier alpha value is -1.70. The third kappa shape index (κ3) is 3.90. The SMILES string of the molecule is CC(NC(C)c1ccc(F)c(Br)c1)c1ccc(C#N)cc1. The highest BCUT2D eigenvalue weighted by atomic mass is 79.9. The van der Waals surface area contributed by atoms with Crippen LogP contribution in [0.25, 0.3) is 0 Å². The fourth-order valence-electron chi connectivity index (χ4n) is 2.20.